The van der Waals surface area contributed by atoms with Crippen LogP contribution < -0.4 is 10.6 Å². The summed E-state index contributed by atoms with van der Waals surface area (Å²) in [5.74, 6) is -1.05. The molecule has 0 saturated carbocycles. The van der Waals surface area contributed by atoms with Crippen LogP contribution in [-0.2, 0) is 9.59 Å². The second-order valence-electron chi connectivity index (χ2n) is 4.89. The highest BCUT2D eigenvalue weighted by Gasteiger charge is 2.26. The van der Waals surface area contributed by atoms with E-state index in [0.717, 1.165) is 0 Å². The molecule has 1 aliphatic rings. The van der Waals surface area contributed by atoms with E-state index in [1.165, 1.54) is 12.3 Å². The Balaban J connectivity index is 0.00000106. The number of piperidine rings is 1. The van der Waals surface area contributed by atoms with Crippen LogP contribution in [0, 0.1) is 5.82 Å². The topological polar surface area (TPSA) is 71.1 Å². The number of hydrogen-bond donors (Lipinski definition) is 2. The number of pyridine rings is 1. The molecule has 116 valence electrons. The summed E-state index contributed by atoms with van der Waals surface area (Å²) >= 11 is 0. The highest BCUT2D eigenvalue weighted by molar-refractivity contribution is 6.01. The summed E-state index contributed by atoms with van der Waals surface area (Å²) in [4.78, 5) is 26.6. The van der Waals surface area contributed by atoms with Gasteiger partial charge in [-0.05, 0) is 12.3 Å². The van der Waals surface area contributed by atoms with Crippen molar-refractivity contribution in [1.29, 1.82) is 0 Å². The summed E-state index contributed by atoms with van der Waals surface area (Å²) in [5, 5.41) is 5.13. The Kier molecular flexibility index (Phi) is 6.27. The molecule has 2 heterocycles. The number of anilines is 1. The molecule has 2 N–H and O–H groups in total. The smallest absolute Gasteiger partial charge is 0.249 e. The molecule has 1 atom stereocenters. The lowest BCUT2D eigenvalue weighted by Crippen LogP contribution is -2.47. The SMILES string of the molecule is CC.CC(C)c1ncc(NC2CCC(=O)NC2=O)cc1F. The summed E-state index contributed by atoms with van der Waals surface area (Å²) in [7, 11) is 0. The standard InChI is InChI=1S/C13H16FN3O2.C2H6/c1-7(2)12-9(14)5-8(6-15-12)16-10-3-4-11(18)17-13(10)19;1-2/h5-7,10,16H,3-4H2,1-2H3,(H,17,18,19);1-2H3. The summed E-state index contributed by atoms with van der Waals surface area (Å²) in [6, 6.07) is 0.801. The number of imide groups is 1. The molecule has 0 aliphatic carbocycles. The van der Waals surface area contributed by atoms with Crippen molar-refractivity contribution in [3.63, 3.8) is 0 Å². The predicted octanol–water partition coefficient (Wildman–Crippen LogP) is 2.59. The maximum Gasteiger partial charge on any atom is 0.249 e. The molecule has 1 aromatic rings. The van der Waals surface area contributed by atoms with Crippen molar-refractivity contribution in [2.45, 2.75) is 52.5 Å². The van der Waals surface area contributed by atoms with Gasteiger partial charge in [0.05, 0.1) is 17.6 Å². The molecular formula is C15H22FN3O2. The van der Waals surface area contributed by atoms with Crippen molar-refractivity contribution in [1.82, 2.24) is 10.3 Å². The Morgan fingerprint density at radius 2 is 2.05 bits per heavy atom. The molecule has 1 aromatic heterocycles. The van der Waals surface area contributed by atoms with Gasteiger partial charge < -0.3 is 5.32 Å². The molecule has 1 saturated heterocycles. The van der Waals surface area contributed by atoms with Crippen LogP contribution in [0.5, 0.6) is 0 Å². The zero-order chi connectivity index (χ0) is 16.0. The quantitative estimate of drug-likeness (QED) is 0.841. The molecule has 2 amide bonds. The Labute approximate surface area is 124 Å². The normalized spacial score (nSPS) is 17.9. The van der Waals surface area contributed by atoms with Gasteiger partial charge in [0.2, 0.25) is 11.8 Å². The number of halogens is 1. The van der Waals surface area contributed by atoms with Crippen LogP contribution in [0.2, 0.25) is 0 Å². The molecular weight excluding hydrogens is 273 g/mol. The van der Waals surface area contributed by atoms with Gasteiger partial charge in [-0.15, -0.1) is 0 Å². The third-order valence-electron chi connectivity index (χ3n) is 3.00. The second kappa shape index (κ2) is 7.71. The zero-order valence-electron chi connectivity index (χ0n) is 12.9. The van der Waals surface area contributed by atoms with Crippen LogP contribution >= 0.6 is 0 Å². The van der Waals surface area contributed by atoms with Crippen LogP contribution in [0.15, 0.2) is 12.3 Å². The first-order valence-corrected chi connectivity index (χ1v) is 7.23. The van der Waals surface area contributed by atoms with Crippen LogP contribution in [0.25, 0.3) is 0 Å². The van der Waals surface area contributed by atoms with Gasteiger partial charge in [0.15, 0.2) is 0 Å². The van der Waals surface area contributed by atoms with E-state index < -0.39 is 11.9 Å². The van der Waals surface area contributed by atoms with Crippen molar-refractivity contribution in [2.24, 2.45) is 0 Å². The minimum absolute atomic E-state index is 0.00431. The maximum atomic E-state index is 13.8. The lowest BCUT2D eigenvalue weighted by Gasteiger charge is -2.22. The molecule has 0 aromatic carbocycles. The lowest BCUT2D eigenvalue weighted by molar-refractivity contribution is -0.133. The third-order valence-corrected chi connectivity index (χ3v) is 3.00. The first kappa shape index (κ1) is 17.1. The van der Waals surface area contributed by atoms with E-state index in [1.807, 2.05) is 27.7 Å². The van der Waals surface area contributed by atoms with Gasteiger partial charge in [-0.2, -0.15) is 0 Å². The predicted molar refractivity (Wildman–Crippen MR) is 79.4 cm³/mol. The average Bonchev–Trinajstić information content (AvgIpc) is 2.44. The largest absolute Gasteiger partial charge is 0.372 e. The number of nitrogens with zero attached hydrogens (tertiary/aromatic N) is 1. The highest BCUT2D eigenvalue weighted by Crippen LogP contribution is 2.20. The molecule has 21 heavy (non-hydrogen) atoms. The molecule has 0 spiro atoms. The number of aromatic nitrogens is 1. The number of nitrogens with one attached hydrogen (secondary N) is 2. The van der Waals surface area contributed by atoms with Crippen LogP contribution in [0.1, 0.15) is 52.1 Å². The van der Waals surface area contributed by atoms with Gasteiger partial charge in [0.25, 0.3) is 0 Å². The Morgan fingerprint density at radius 1 is 1.38 bits per heavy atom. The molecule has 5 nitrogen and oxygen atoms in total. The zero-order valence-corrected chi connectivity index (χ0v) is 12.9. The average molecular weight is 295 g/mol. The highest BCUT2D eigenvalue weighted by atomic mass is 19.1. The minimum atomic E-state index is -0.524. The van der Waals surface area contributed by atoms with Crippen molar-refractivity contribution in [3.8, 4) is 0 Å². The lowest BCUT2D eigenvalue weighted by atomic mass is 10.1. The van der Waals surface area contributed by atoms with Gasteiger partial charge in [-0.3, -0.25) is 19.9 Å². The van der Waals surface area contributed by atoms with Gasteiger partial charge in [-0.1, -0.05) is 27.7 Å². The van der Waals surface area contributed by atoms with E-state index in [1.54, 1.807) is 0 Å². The Bertz CT molecular complexity index is 518. The number of carbonyl (C=O) groups excluding carboxylic acids is 2. The fourth-order valence-electron chi connectivity index (χ4n) is 1.98. The first-order valence-electron chi connectivity index (χ1n) is 7.23. The monoisotopic (exact) mass is 295 g/mol. The maximum absolute atomic E-state index is 13.8. The van der Waals surface area contributed by atoms with Crippen molar-refractivity contribution in [3.05, 3.63) is 23.8 Å². The summed E-state index contributed by atoms with van der Waals surface area (Å²) in [5.41, 5.74) is 0.838. The van der Waals surface area contributed by atoms with Gasteiger partial charge in [-0.25, -0.2) is 4.39 Å². The third kappa shape index (κ3) is 4.51. The van der Waals surface area contributed by atoms with Crippen molar-refractivity contribution < 1.29 is 14.0 Å². The van der Waals surface area contributed by atoms with Crippen LogP contribution in [-0.4, -0.2) is 22.8 Å². The summed E-state index contributed by atoms with van der Waals surface area (Å²) in [6.45, 7) is 7.72. The van der Waals surface area contributed by atoms with Gasteiger partial charge in [0, 0.05) is 12.5 Å². The van der Waals surface area contributed by atoms with E-state index in [-0.39, 0.29) is 24.2 Å². The molecule has 0 bridgehead atoms. The number of hydrogen-bond acceptors (Lipinski definition) is 4. The molecule has 0 radical (unpaired) electrons. The van der Waals surface area contributed by atoms with E-state index in [0.29, 0.717) is 17.8 Å². The Morgan fingerprint density at radius 3 is 2.57 bits per heavy atom. The number of amides is 2. The number of carbonyl (C=O) groups is 2. The van der Waals surface area contributed by atoms with Crippen LogP contribution in [0.3, 0.4) is 0 Å². The van der Waals surface area contributed by atoms with Crippen LogP contribution in [0.4, 0.5) is 10.1 Å². The van der Waals surface area contributed by atoms with E-state index in [4.69, 9.17) is 0 Å². The van der Waals surface area contributed by atoms with Gasteiger partial charge >= 0.3 is 0 Å². The Hall–Kier alpha value is -1.98. The number of rotatable bonds is 3. The molecule has 1 unspecified atom stereocenters. The van der Waals surface area contributed by atoms with Gasteiger partial charge in [0.1, 0.15) is 11.9 Å². The summed E-state index contributed by atoms with van der Waals surface area (Å²) in [6.07, 6.45) is 2.18. The van der Waals surface area contributed by atoms with E-state index in [2.05, 4.69) is 15.6 Å². The minimum Gasteiger partial charge on any atom is -0.372 e. The first-order chi connectivity index (χ1) is 9.97. The van der Waals surface area contributed by atoms with E-state index in [9.17, 15) is 14.0 Å². The summed E-state index contributed by atoms with van der Waals surface area (Å²) < 4.78 is 13.8. The fraction of sp³-hybridized carbons (Fsp3) is 0.533. The van der Waals surface area contributed by atoms with E-state index >= 15 is 0 Å². The van der Waals surface area contributed by atoms with Crippen molar-refractivity contribution in [2.75, 3.05) is 5.32 Å². The second-order valence-corrected chi connectivity index (χ2v) is 4.89. The molecule has 1 fully saturated rings. The molecule has 2 rings (SSSR count). The fourth-order valence-corrected chi connectivity index (χ4v) is 1.98. The van der Waals surface area contributed by atoms with Crippen molar-refractivity contribution >= 4 is 17.5 Å². The molecule has 6 heteroatoms. The molecule has 1 aliphatic heterocycles.